The summed E-state index contributed by atoms with van der Waals surface area (Å²) in [6.07, 6.45) is 3.83. The summed E-state index contributed by atoms with van der Waals surface area (Å²) in [5, 5.41) is 13.5. The molecule has 0 aliphatic heterocycles. The van der Waals surface area contributed by atoms with E-state index in [1.165, 1.54) is 12.3 Å². The molecule has 1 aromatic rings. The molecule has 0 radical (unpaired) electrons. The molecule has 0 amide bonds. The standard InChI is InChI=1S/C11H14BrN3O3/c1-2-3-5-18-6-4-13-11-10(12)7-9(8-14-11)15(16)17/h2,7-8H,1,3-6H2,(H,13,14). The van der Waals surface area contributed by atoms with E-state index in [2.05, 4.69) is 32.8 Å². The highest BCUT2D eigenvalue weighted by Crippen LogP contribution is 2.23. The smallest absolute Gasteiger partial charge is 0.288 e. The molecular weight excluding hydrogens is 302 g/mol. The van der Waals surface area contributed by atoms with Crippen LogP contribution in [0.25, 0.3) is 0 Å². The first kappa shape index (κ1) is 14.6. The van der Waals surface area contributed by atoms with E-state index in [-0.39, 0.29) is 5.69 Å². The number of aromatic nitrogens is 1. The largest absolute Gasteiger partial charge is 0.379 e. The maximum Gasteiger partial charge on any atom is 0.288 e. The predicted molar refractivity (Wildman–Crippen MR) is 72.7 cm³/mol. The van der Waals surface area contributed by atoms with Gasteiger partial charge in [-0.15, -0.1) is 6.58 Å². The predicted octanol–water partition coefficient (Wildman–Crippen LogP) is 2.76. The number of nitro groups is 1. The summed E-state index contributed by atoms with van der Waals surface area (Å²) in [5.74, 6) is 0.563. The highest BCUT2D eigenvalue weighted by Gasteiger charge is 2.09. The fourth-order valence-electron chi connectivity index (χ4n) is 1.17. The Morgan fingerprint density at radius 1 is 1.61 bits per heavy atom. The molecule has 0 saturated carbocycles. The van der Waals surface area contributed by atoms with Crippen LogP contribution >= 0.6 is 15.9 Å². The second-order valence-electron chi connectivity index (χ2n) is 3.40. The number of ether oxygens (including phenoxy) is 1. The number of hydrogen-bond donors (Lipinski definition) is 1. The molecule has 98 valence electrons. The van der Waals surface area contributed by atoms with Crippen LogP contribution in [-0.4, -0.2) is 29.7 Å². The third-order valence-electron chi connectivity index (χ3n) is 2.04. The molecule has 7 heteroatoms. The average Bonchev–Trinajstić information content (AvgIpc) is 2.35. The van der Waals surface area contributed by atoms with Gasteiger partial charge in [0, 0.05) is 12.6 Å². The number of nitrogens with one attached hydrogen (secondary N) is 1. The van der Waals surface area contributed by atoms with Crippen molar-refractivity contribution in [3.63, 3.8) is 0 Å². The number of nitrogens with zero attached hydrogens (tertiary/aromatic N) is 2. The van der Waals surface area contributed by atoms with Gasteiger partial charge in [-0.05, 0) is 22.4 Å². The Morgan fingerprint density at radius 2 is 2.39 bits per heavy atom. The molecule has 0 unspecified atom stereocenters. The third-order valence-corrected chi connectivity index (χ3v) is 2.65. The summed E-state index contributed by atoms with van der Waals surface area (Å²) in [6.45, 7) is 5.36. The molecule has 18 heavy (non-hydrogen) atoms. The summed E-state index contributed by atoms with van der Waals surface area (Å²) in [7, 11) is 0. The van der Waals surface area contributed by atoms with Crippen LogP contribution in [0.15, 0.2) is 29.4 Å². The molecule has 0 aliphatic rings. The molecule has 1 N–H and O–H groups in total. The topological polar surface area (TPSA) is 77.3 Å². The van der Waals surface area contributed by atoms with E-state index in [1.54, 1.807) is 6.08 Å². The average molecular weight is 316 g/mol. The summed E-state index contributed by atoms with van der Waals surface area (Å²) < 4.78 is 5.87. The molecule has 6 nitrogen and oxygen atoms in total. The molecule has 0 bridgehead atoms. The van der Waals surface area contributed by atoms with Crippen LogP contribution in [0.1, 0.15) is 6.42 Å². The van der Waals surface area contributed by atoms with E-state index in [4.69, 9.17) is 4.74 Å². The number of pyridine rings is 1. The molecule has 0 fully saturated rings. The quantitative estimate of drug-likeness (QED) is 0.345. The zero-order valence-electron chi connectivity index (χ0n) is 9.76. The lowest BCUT2D eigenvalue weighted by Crippen LogP contribution is -2.11. The maximum atomic E-state index is 10.5. The van der Waals surface area contributed by atoms with Gasteiger partial charge in [0.25, 0.3) is 5.69 Å². The van der Waals surface area contributed by atoms with Gasteiger partial charge in [-0.3, -0.25) is 10.1 Å². The van der Waals surface area contributed by atoms with Crippen LogP contribution in [0.5, 0.6) is 0 Å². The number of halogens is 1. The highest BCUT2D eigenvalue weighted by molar-refractivity contribution is 9.10. The molecule has 1 heterocycles. The molecule has 1 aromatic heterocycles. The summed E-state index contributed by atoms with van der Waals surface area (Å²) >= 11 is 3.23. The molecule has 0 aliphatic carbocycles. The normalized spacial score (nSPS) is 10.1. The molecule has 0 atom stereocenters. The zero-order valence-corrected chi connectivity index (χ0v) is 11.4. The number of anilines is 1. The SMILES string of the molecule is C=CCCOCCNc1ncc([N+](=O)[O-])cc1Br. The van der Waals surface area contributed by atoms with Gasteiger partial charge in [0.15, 0.2) is 0 Å². The van der Waals surface area contributed by atoms with Gasteiger partial charge in [0.1, 0.15) is 12.0 Å². The Bertz CT molecular complexity index is 426. The number of hydrogen-bond acceptors (Lipinski definition) is 5. The van der Waals surface area contributed by atoms with Crippen LogP contribution in [0, 0.1) is 10.1 Å². The van der Waals surface area contributed by atoms with Crippen LogP contribution in [0.3, 0.4) is 0 Å². The Kier molecular flexibility index (Phi) is 6.31. The molecule has 0 saturated heterocycles. The Hall–Kier alpha value is -1.47. The van der Waals surface area contributed by atoms with Gasteiger partial charge in [0.05, 0.1) is 22.6 Å². The lowest BCUT2D eigenvalue weighted by molar-refractivity contribution is -0.385. The van der Waals surface area contributed by atoms with Crippen LogP contribution in [0.2, 0.25) is 0 Å². The molecule has 0 spiro atoms. The van der Waals surface area contributed by atoms with Crippen molar-refractivity contribution in [2.45, 2.75) is 6.42 Å². The van der Waals surface area contributed by atoms with Gasteiger partial charge < -0.3 is 10.1 Å². The van der Waals surface area contributed by atoms with Crippen molar-refractivity contribution in [2.24, 2.45) is 0 Å². The first-order valence-electron chi connectivity index (χ1n) is 5.37. The minimum atomic E-state index is -0.486. The van der Waals surface area contributed by atoms with Gasteiger partial charge in [-0.1, -0.05) is 6.08 Å². The molecular formula is C11H14BrN3O3. The van der Waals surface area contributed by atoms with E-state index < -0.39 is 4.92 Å². The Balaban J connectivity index is 2.38. The second kappa shape index (κ2) is 7.78. The van der Waals surface area contributed by atoms with E-state index in [9.17, 15) is 10.1 Å². The lowest BCUT2D eigenvalue weighted by atomic mass is 10.4. The minimum absolute atomic E-state index is 0.0466. The first-order chi connectivity index (χ1) is 8.65. The van der Waals surface area contributed by atoms with Crippen molar-refractivity contribution in [1.82, 2.24) is 4.98 Å². The highest BCUT2D eigenvalue weighted by atomic mass is 79.9. The first-order valence-corrected chi connectivity index (χ1v) is 6.17. The summed E-state index contributed by atoms with van der Waals surface area (Å²) in [6, 6.07) is 1.41. The van der Waals surface area contributed by atoms with Crippen molar-refractivity contribution in [1.29, 1.82) is 0 Å². The summed E-state index contributed by atoms with van der Waals surface area (Å²) in [4.78, 5) is 14.0. The van der Waals surface area contributed by atoms with E-state index in [1.807, 2.05) is 0 Å². The fraction of sp³-hybridized carbons (Fsp3) is 0.364. The maximum absolute atomic E-state index is 10.5. The molecule has 0 aromatic carbocycles. The van der Waals surface area contributed by atoms with Crippen molar-refractivity contribution >= 4 is 27.4 Å². The van der Waals surface area contributed by atoms with Crippen LogP contribution in [-0.2, 0) is 4.74 Å². The molecule has 1 rings (SSSR count). The monoisotopic (exact) mass is 315 g/mol. The third kappa shape index (κ3) is 4.80. The Morgan fingerprint density at radius 3 is 3.00 bits per heavy atom. The van der Waals surface area contributed by atoms with Crippen molar-refractivity contribution < 1.29 is 9.66 Å². The minimum Gasteiger partial charge on any atom is -0.379 e. The van der Waals surface area contributed by atoms with E-state index in [0.29, 0.717) is 30.0 Å². The second-order valence-corrected chi connectivity index (χ2v) is 4.25. The van der Waals surface area contributed by atoms with Gasteiger partial charge in [0.2, 0.25) is 0 Å². The zero-order chi connectivity index (χ0) is 13.4. The van der Waals surface area contributed by atoms with Crippen molar-refractivity contribution in [3.05, 3.63) is 39.5 Å². The fourth-order valence-corrected chi connectivity index (χ4v) is 1.65. The van der Waals surface area contributed by atoms with Crippen molar-refractivity contribution in [3.8, 4) is 0 Å². The summed E-state index contributed by atoms with van der Waals surface area (Å²) in [5.41, 5.74) is -0.0466. The van der Waals surface area contributed by atoms with Gasteiger partial charge >= 0.3 is 0 Å². The Labute approximate surface area is 113 Å². The van der Waals surface area contributed by atoms with Crippen molar-refractivity contribution in [2.75, 3.05) is 25.1 Å². The van der Waals surface area contributed by atoms with E-state index >= 15 is 0 Å². The van der Waals surface area contributed by atoms with Crippen LogP contribution in [0.4, 0.5) is 11.5 Å². The van der Waals surface area contributed by atoms with Crippen LogP contribution < -0.4 is 5.32 Å². The number of rotatable bonds is 8. The van der Waals surface area contributed by atoms with Gasteiger partial charge in [-0.2, -0.15) is 0 Å². The van der Waals surface area contributed by atoms with Gasteiger partial charge in [-0.25, -0.2) is 4.98 Å². The van der Waals surface area contributed by atoms with E-state index in [0.717, 1.165) is 6.42 Å². The lowest BCUT2D eigenvalue weighted by Gasteiger charge is -2.07.